The van der Waals surface area contributed by atoms with E-state index in [1.165, 1.54) is 31.2 Å². The van der Waals surface area contributed by atoms with Gasteiger partial charge in [0, 0.05) is 17.7 Å². The van der Waals surface area contributed by atoms with E-state index < -0.39 is 21.7 Å². The molecule has 0 fully saturated rings. The fourth-order valence-electron chi connectivity index (χ4n) is 1.53. The first kappa shape index (κ1) is 14.9. The van der Waals surface area contributed by atoms with E-state index in [2.05, 4.69) is 0 Å². The number of hydrogen-bond donors (Lipinski definition) is 0. The molecule has 0 aliphatic rings. The van der Waals surface area contributed by atoms with Gasteiger partial charge in [0.2, 0.25) is 0 Å². The second kappa shape index (κ2) is 5.64. The van der Waals surface area contributed by atoms with Crippen LogP contribution in [-0.4, -0.2) is 20.5 Å². The second-order valence-corrected chi connectivity index (χ2v) is 6.20. The van der Waals surface area contributed by atoms with Crippen LogP contribution in [0.3, 0.4) is 0 Å². The summed E-state index contributed by atoms with van der Waals surface area (Å²) in [6.07, 6.45) is 1.08. The van der Waals surface area contributed by atoms with E-state index in [0.717, 1.165) is 6.26 Å². The molecule has 0 N–H and O–H groups in total. The number of ketones is 1. The van der Waals surface area contributed by atoms with Crippen molar-refractivity contribution in [3.8, 4) is 12.1 Å². The molecule has 0 spiro atoms. The Morgan fingerprint density at radius 1 is 1.16 bits per heavy atom. The van der Waals surface area contributed by atoms with E-state index in [0.29, 0.717) is 0 Å². The fraction of sp³-hybridized carbons (Fsp3) is 0.308. The van der Waals surface area contributed by atoms with Crippen LogP contribution in [0.25, 0.3) is 0 Å². The van der Waals surface area contributed by atoms with Gasteiger partial charge in [0.1, 0.15) is 5.92 Å². The summed E-state index contributed by atoms with van der Waals surface area (Å²) in [6.45, 7) is 1.50. The Morgan fingerprint density at radius 3 is 2.00 bits per heavy atom. The van der Waals surface area contributed by atoms with Crippen molar-refractivity contribution < 1.29 is 13.2 Å². The number of nitriles is 2. The monoisotopic (exact) mass is 276 g/mol. The molecule has 1 unspecified atom stereocenters. The molecule has 0 amide bonds. The zero-order valence-electron chi connectivity index (χ0n) is 10.5. The summed E-state index contributed by atoms with van der Waals surface area (Å²) in [6, 6.07) is 8.97. The van der Waals surface area contributed by atoms with Gasteiger partial charge in [-0.2, -0.15) is 10.5 Å². The first-order valence-electron chi connectivity index (χ1n) is 5.45. The lowest BCUT2D eigenvalue weighted by Crippen LogP contribution is -2.19. The highest BCUT2D eigenvalue weighted by molar-refractivity contribution is 7.90. The predicted molar refractivity (Wildman–Crippen MR) is 67.8 cm³/mol. The van der Waals surface area contributed by atoms with Crippen LogP contribution in [-0.2, 0) is 9.84 Å². The number of carbonyl (C=O) groups excluding carboxylic acids is 1. The Hall–Kier alpha value is -2.18. The van der Waals surface area contributed by atoms with Crippen LogP contribution in [0.4, 0.5) is 0 Å². The molecular formula is C13H12N2O3S. The van der Waals surface area contributed by atoms with Crippen LogP contribution < -0.4 is 0 Å². The van der Waals surface area contributed by atoms with Crippen LogP contribution in [0.5, 0.6) is 0 Å². The summed E-state index contributed by atoms with van der Waals surface area (Å²) in [5, 5.41) is 17.5. The molecule has 0 aliphatic heterocycles. The highest BCUT2D eigenvalue weighted by Crippen LogP contribution is 2.18. The van der Waals surface area contributed by atoms with Gasteiger partial charge < -0.3 is 0 Å². The average Bonchev–Trinajstić information content (AvgIpc) is 2.38. The van der Waals surface area contributed by atoms with Crippen molar-refractivity contribution in [3.05, 3.63) is 29.8 Å². The van der Waals surface area contributed by atoms with E-state index in [-0.39, 0.29) is 16.2 Å². The number of benzene rings is 1. The molecule has 0 saturated heterocycles. The van der Waals surface area contributed by atoms with Gasteiger partial charge in [0.25, 0.3) is 0 Å². The first-order chi connectivity index (χ1) is 8.81. The maximum absolute atomic E-state index is 12.0. The molecule has 0 heterocycles. The lowest BCUT2D eigenvalue weighted by Gasteiger charge is -2.10. The van der Waals surface area contributed by atoms with Gasteiger partial charge >= 0.3 is 0 Å². The summed E-state index contributed by atoms with van der Waals surface area (Å²) < 4.78 is 22.6. The zero-order valence-corrected chi connectivity index (χ0v) is 11.3. The topological polar surface area (TPSA) is 98.8 Å². The molecule has 1 aromatic rings. The van der Waals surface area contributed by atoms with Crippen molar-refractivity contribution >= 4 is 15.6 Å². The largest absolute Gasteiger partial charge is 0.294 e. The molecule has 6 heteroatoms. The van der Waals surface area contributed by atoms with Crippen molar-refractivity contribution in [1.82, 2.24) is 0 Å². The van der Waals surface area contributed by atoms with Crippen LogP contribution in [0.1, 0.15) is 17.3 Å². The van der Waals surface area contributed by atoms with Gasteiger partial charge in [-0.1, -0.05) is 19.1 Å². The maximum Gasteiger partial charge on any atom is 0.175 e. The minimum atomic E-state index is -3.31. The quantitative estimate of drug-likeness (QED) is 0.777. The molecule has 0 saturated carbocycles. The van der Waals surface area contributed by atoms with Crippen molar-refractivity contribution in [2.45, 2.75) is 11.8 Å². The van der Waals surface area contributed by atoms with Crippen LogP contribution in [0.2, 0.25) is 0 Å². The predicted octanol–water partition coefficient (Wildman–Crippen LogP) is 1.57. The molecule has 0 bridgehead atoms. The molecule has 0 radical (unpaired) electrons. The number of rotatable bonds is 4. The summed E-state index contributed by atoms with van der Waals surface area (Å²) >= 11 is 0. The third-order valence-corrected chi connectivity index (χ3v) is 3.89. The van der Waals surface area contributed by atoms with Gasteiger partial charge in [-0.15, -0.1) is 0 Å². The average molecular weight is 276 g/mol. The normalized spacial score (nSPS) is 12.5. The summed E-state index contributed by atoms with van der Waals surface area (Å²) in [5.41, 5.74) is 0.287. The lowest BCUT2D eigenvalue weighted by molar-refractivity contribution is 0.0917. The smallest absolute Gasteiger partial charge is 0.175 e. The van der Waals surface area contributed by atoms with Gasteiger partial charge in [-0.3, -0.25) is 4.79 Å². The number of nitrogens with zero attached hydrogens (tertiary/aromatic N) is 2. The second-order valence-electron chi connectivity index (χ2n) is 4.19. The molecule has 98 valence electrons. The van der Waals surface area contributed by atoms with Crippen molar-refractivity contribution in [1.29, 1.82) is 10.5 Å². The molecule has 0 aromatic heterocycles. The van der Waals surface area contributed by atoms with E-state index in [1.807, 2.05) is 0 Å². The number of carbonyl (C=O) groups is 1. The molecule has 1 rings (SSSR count). The van der Waals surface area contributed by atoms with Crippen LogP contribution >= 0.6 is 0 Å². The number of hydrogen-bond acceptors (Lipinski definition) is 5. The maximum atomic E-state index is 12.0. The molecule has 19 heavy (non-hydrogen) atoms. The Kier molecular flexibility index (Phi) is 4.42. The highest BCUT2D eigenvalue weighted by Gasteiger charge is 2.24. The molecule has 5 nitrogen and oxygen atoms in total. The van der Waals surface area contributed by atoms with Crippen molar-refractivity contribution in [3.63, 3.8) is 0 Å². The number of Topliss-reactive ketones (excluding diaryl/α,β-unsaturated/α-hetero) is 1. The van der Waals surface area contributed by atoms with Crippen molar-refractivity contribution in [2.24, 2.45) is 11.8 Å². The molecule has 1 aromatic carbocycles. The SMILES string of the molecule is CC(C(=O)c1ccc(S(C)(=O)=O)cc1)C(C#N)C#N. The summed E-state index contributed by atoms with van der Waals surface area (Å²) in [4.78, 5) is 12.1. The summed E-state index contributed by atoms with van der Waals surface area (Å²) in [5.74, 6) is -2.12. The van der Waals surface area contributed by atoms with Gasteiger partial charge in [-0.25, -0.2) is 8.42 Å². The Bertz CT molecular complexity index is 649. The molecule has 1 atom stereocenters. The fourth-order valence-corrected chi connectivity index (χ4v) is 2.16. The van der Waals surface area contributed by atoms with E-state index in [1.54, 1.807) is 12.1 Å². The minimum Gasteiger partial charge on any atom is -0.294 e. The summed E-state index contributed by atoms with van der Waals surface area (Å²) in [7, 11) is -3.31. The van der Waals surface area contributed by atoms with Crippen LogP contribution in [0, 0.1) is 34.5 Å². The Balaban J connectivity index is 3.04. The Labute approximate surface area is 112 Å². The third-order valence-electron chi connectivity index (χ3n) is 2.76. The minimum absolute atomic E-state index is 0.119. The van der Waals surface area contributed by atoms with Crippen LogP contribution in [0.15, 0.2) is 29.2 Å². The first-order valence-corrected chi connectivity index (χ1v) is 7.34. The van der Waals surface area contributed by atoms with Gasteiger partial charge in [0.05, 0.1) is 17.0 Å². The van der Waals surface area contributed by atoms with E-state index >= 15 is 0 Å². The standard InChI is InChI=1S/C13H12N2O3S/c1-9(11(7-14)8-15)13(16)10-3-5-12(6-4-10)19(2,17)18/h3-6,9,11H,1-2H3. The van der Waals surface area contributed by atoms with E-state index in [9.17, 15) is 13.2 Å². The lowest BCUT2D eigenvalue weighted by atomic mass is 9.89. The van der Waals surface area contributed by atoms with Gasteiger partial charge in [0.15, 0.2) is 15.6 Å². The highest BCUT2D eigenvalue weighted by atomic mass is 32.2. The molecule has 0 aliphatic carbocycles. The molecular weight excluding hydrogens is 264 g/mol. The third kappa shape index (κ3) is 3.40. The van der Waals surface area contributed by atoms with E-state index in [4.69, 9.17) is 10.5 Å². The number of sulfone groups is 1. The van der Waals surface area contributed by atoms with Crippen molar-refractivity contribution in [2.75, 3.05) is 6.26 Å². The Morgan fingerprint density at radius 2 is 1.63 bits per heavy atom. The zero-order chi connectivity index (χ0) is 14.6. The van der Waals surface area contributed by atoms with Gasteiger partial charge in [-0.05, 0) is 12.1 Å².